The second-order valence-corrected chi connectivity index (χ2v) is 11.1. The molecular formula is C27H33N3O8. The fourth-order valence-electron chi connectivity index (χ4n) is 6.70. The van der Waals surface area contributed by atoms with Gasteiger partial charge in [-0.15, -0.1) is 0 Å². The Balaban J connectivity index is 1.65. The first-order chi connectivity index (χ1) is 17.8. The van der Waals surface area contributed by atoms with Crippen molar-refractivity contribution < 1.29 is 39.9 Å². The van der Waals surface area contributed by atoms with E-state index in [1.165, 1.54) is 30.0 Å². The lowest BCUT2D eigenvalue weighted by Crippen LogP contribution is -2.67. The number of Topliss-reactive ketones (excluding diaryl/α,β-unsaturated/α-hetero) is 2. The summed E-state index contributed by atoms with van der Waals surface area (Å²) in [5.41, 5.74) is -5.54. The first kappa shape index (κ1) is 26.4. The quantitative estimate of drug-likeness (QED) is 0.300. The van der Waals surface area contributed by atoms with Gasteiger partial charge in [0, 0.05) is 17.4 Å². The highest BCUT2D eigenvalue weighted by atomic mass is 16.3. The van der Waals surface area contributed by atoms with Crippen molar-refractivity contribution in [3.8, 4) is 5.75 Å². The molecule has 38 heavy (non-hydrogen) atoms. The molecule has 1 saturated carbocycles. The molecule has 0 aromatic heterocycles. The largest absolute Gasteiger partial charge is 0.508 e. The van der Waals surface area contributed by atoms with E-state index in [1.54, 1.807) is 14.1 Å². The summed E-state index contributed by atoms with van der Waals surface area (Å²) >= 11 is 0. The van der Waals surface area contributed by atoms with Crippen LogP contribution >= 0.6 is 0 Å². The number of aromatic hydroxyl groups is 1. The number of nitrogens with zero attached hydrogens (tertiary/aromatic N) is 2. The van der Waals surface area contributed by atoms with Crippen LogP contribution in [0, 0.1) is 11.8 Å². The van der Waals surface area contributed by atoms with Crippen LogP contribution in [0.2, 0.25) is 0 Å². The average molecular weight is 528 g/mol. The number of carbonyl (C=O) groups excluding carboxylic acids is 3. The summed E-state index contributed by atoms with van der Waals surface area (Å²) in [6, 6.07) is 3.12. The summed E-state index contributed by atoms with van der Waals surface area (Å²) < 4.78 is 0. The summed E-state index contributed by atoms with van der Waals surface area (Å²) in [5, 5.41) is 59.0. The van der Waals surface area contributed by atoms with Gasteiger partial charge in [0.15, 0.2) is 11.4 Å². The van der Waals surface area contributed by atoms with Crippen LogP contribution in [0.3, 0.4) is 0 Å². The van der Waals surface area contributed by atoms with E-state index in [0.29, 0.717) is 0 Å². The molecule has 1 amide bonds. The standard InChI is InChI=1S/C27H33N3O8/c1-26(37)13-7-6-8-16(31)17(13)21(32)18-14(26)11-15-20(29(2)3)22(33)19(24(35)27(15,38)23(18)34)25(36)28-12-30-9-4-5-10-30/h6-8,14-15,20,31-32,35,37-38H,4-5,9-12H2,1-3H3,(H,28,36)/t14?,15-,20-,26+,27-/m0/s1. The fraction of sp³-hybridized carbons (Fsp3) is 0.519. The minimum atomic E-state index is -2.72. The fourth-order valence-corrected chi connectivity index (χ4v) is 6.70. The number of phenolic OH excluding ortho intramolecular Hbond substituents is 1. The van der Waals surface area contributed by atoms with Crippen molar-refractivity contribution in [1.29, 1.82) is 0 Å². The van der Waals surface area contributed by atoms with Crippen LogP contribution in [0.15, 0.2) is 35.1 Å². The van der Waals surface area contributed by atoms with Gasteiger partial charge in [0.05, 0.1) is 23.9 Å². The maximum absolute atomic E-state index is 14.0. The number of hydrogen-bond donors (Lipinski definition) is 6. The SMILES string of the molecule is CN(C)[C@@H]1C(=O)C(C(=O)NCN2CCCC2)=C(O)[C@@]2(O)C(=O)C3=C(O)c4c(O)cccc4[C@@](C)(O)C3C[C@@H]12. The minimum Gasteiger partial charge on any atom is -0.508 e. The number of aliphatic hydroxyl groups is 4. The smallest absolute Gasteiger partial charge is 0.259 e. The number of likely N-dealkylation sites (N-methyl/N-ethyl adjacent to an activating group) is 1. The Labute approximate surface area is 219 Å². The van der Waals surface area contributed by atoms with Crippen molar-refractivity contribution in [2.75, 3.05) is 33.9 Å². The van der Waals surface area contributed by atoms with Gasteiger partial charge in [-0.3, -0.25) is 24.2 Å². The van der Waals surface area contributed by atoms with Crippen molar-refractivity contribution in [2.24, 2.45) is 11.8 Å². The van der Waals surface area contributed by atoms with Gasteiger partial charge in [-0.25, -0.2) is 0 Å². The molecule has 4 aliphatic rings. The predicted molar refractivity (Wildman–Crippen MR) is 135 cm³/mol. The zero-order valence-corrected chi connectivity index (χ0v) is 21.6. The molecule has 1 unspecified atom stereocenters. The maximum Gasteiger partial charge on any atom is 0.259 e. The third-order valence-corrected chi connectivity index (χ3v) is 8.66. The van der Waals surface area contributed by atoms with Crippen molar-refractivity contribution in [3.05, 3.63) is 46.2 Å². The molecule has 1 aromatic rings. The molecule has 3 aliphatic carbocycles. The summed E-state index contributed by atoms with van der Waals surface area (Å²) in [6.07, 6.45) is 1.78. The van der Waals surface area contributed by atoms with Gasteiger partial charge in [0.25, 0.3) is 5.91 Å². The van der Waals surface area contributed by atoms with E-state index < -0.39 is 63.6 Å². The van der Waals surface area contributed by atoms with E-state index in [9.17, 15) is 39.9 Å². The lowest BCUT2D eigenvalue weighted by atomic mass is 9.54. The highest BCUT2D eigenvalue weighted by Gasteiger charge is 2.66. The normalized spacial score (nSPS) is 33.4. The van der Waals surface area contributed by atoms with E-state index in [-0.39, 0.29) is 35.5 Å². The monoisotopic (exact) mass is 527 g/mol. The predicted octanol–water partition coefficient (Wildman–Crippen LogP) is 0.313. The van der Waals surface area contributed by atoms with Crippen LogP contribution in [-0.4, -0.2) is 98.3 Å². The zero-order chi connectivity index (χ0) is 27.7. The number of hydrogen-bond acceptors (Lipinski definition) is 10. The Kier molecular flexibility index (Phi) is 6.18. The molecule has 5 atom stereocenters. The molecule has 0 radical (unpaired) electrons. The Morgan fingerprint density at radius 3 is 2.42 bits per heavy atom. The van der Waals surface area contributed by atoms with Crippen LogP contribution in [0.4, 0.5) is 0 Å². The lowest BCUT2D eigenvalue weighted by Gasteiger charge is -2.53. The first-order valence-corrected chi connectivity index (χ1v) is 12.7. The molecule has 2 fully saturated rings. The Morgan fingerprint density at radius 1 is 1.13 bits per heavy atom. The number of aliphatic hydroxyl groups excluding tert-OH is 2. The van der Waals surface area contributed by atoms with Crippen LogP contribution in [0.25, 0.3) is 5.76 Å². The molecule has 0 spiro atoms. The summed E-state index contributed by atoms with van der Waals surface area (Å²) in [4.78, 5) is 44.3. The topological polar surface area (TPSA) is 171 Å². The van der Waals surface area contributed by atoms with Crippen molar-refractivity contribution >= 4 is 23.2 Å². The lowest BCUT2D eigenvalue weighted by molar-refractivity contribution is -0.159. The van der Waals surface area contributed by atoms with Crippen molar-refractivity contribution in [2.45, 2.75) is 43.4 Å². The summed E-state index contributed by atoms with van der Waals surface area (Å²) in [7, 11) is 3.12. The number of ketones is 2. The minimum absolute atomic E-state index is 0.137. The molecule has 1 saturated heterocycles. The summed E-state index contributed by atoms with van der Waals surface area (Å²) in [6.45, 7) is 3.11. The number of amides is 1. The van der Waals surface area contributed by atoms with Crippen LogP contribution in [0.1, 0.15) is 37.3 Å². The molecule has 5 rings (SSSR count). The molecule has 1 aliphatic heterocycles. The van der Waals surface area contributed by atoms with E-state index in [4.69, 9.17) is 0 Å². The number of phenols is 1. The second-order valence-electron chi connectivity index (χ2n) is 11.1. The highest BCUT2D eigenvalue weighted by Crippen LogP contribution is 2.57. The van der Waals surface area contributed by atoms with E-state index in [1.807, 2.05) is 4.90 Å². The van der Waals surface area contributed by atoms with Gasteiger partial charge < -0.3 is 30.8 Å². The molecule has 204 valence electrons. The summed E-state index contributed by atoms with van der Waals surface area (Å²) in [5.74, 6) is -7.17. The third-order valence-electron chi connectivity index (χ3n) is 8.66. The molecule has 0 bridgehead atoms. The first-order valence-electron chi connectivity index (χ1n) is 12.7. The van der Waals surface area contributed by atoms with Gasteiger partial charge in [0.1, 0.15) is 22.8 Å². The van der Waals surface area contributed by atoms with Gasteiger partial charge in [-0.05, 0) is 65.0 Å². The van der Waals surface area contributed by atoms with Gasteiger partial charge in [-0.1, -0.05) is 12.1 Å². The molecule has 6 N–H and O–H groups in total. The van der Waals surface area contributed by atoms with E-state index in [0.717, 1.165) is 25.9 Å². The van der Waals surface area contributed by atoms with E-state index in [2.05, 4.69) is 5.32 Å². The van der Waals surface area contributed by atoms with Crippen molar-refractivity contribution in [3.63, 3.8) is 0 Å². The second kappa shape index (κ2) is 8.91. The van der Waals surface area contributed by atoms with Crippen LogP contribution in [0.5, 0.6) is 5.75 Å². The number of nitrogens with one attached hydrogen (secondary N) is 1. The zero-order valence-electron chi connectivity index (χ0n) is 21.6. The van der Waals surface area contributed by atoms with Gasteiger partial charge in [0.2, 0.25) is 5.78 Å². The maximum atomic E-state index is 14.0. The molecular weight excluding hydrogens is 494 g/mol. The molecule has 11 nitrogen and oxygen atoms in total. The Hall–Kier alpha value is -3.25. The van der Waals surface area contributed by atoms with Crippen LogP contribution in [-0.2, 0) is 20.0 Å². The Bertz CT molecular complexity index is 1290. The average Bonchev–Trinajstić information content (AvgIpc) is 3.37. The van der Waals surface area contributed by atoms with Crippen LogP contribution < -0.4 is 5.32 Å². The number of likely N-dealkylation sites (tertiary alicyclic amines) is 1. The molecule has 1 heterocycles. The van der Waals surface area contributed by atoms with E-state index >= 15 is 0 Å². The molecule has 11 heteroatoms. The van der Waals surface area contributed by atoms with Gasteiger partial charge in [-0.2, -0.15) is 0 Å². The number of fused-ring (bicyclic) bond motifs is 3. The molecule has 1 aromatic carbocycles. The third kappa shape index (κ3) is 3.53. The number of benzene rings is 1. The Morgan fingerprint density at radius 2 is 1.79 bits per heavy atom. The number of rotatable bonds is 4. The highest BCUT2D eigenvalue weighted by molar-refractivity contribution is 6.25. The van der Waals surface area contributed by atoms with Gasteiger partial charge >= 0.3 is 0 Å². The number of carbonyl (C=O) groups is 3. The van der Waals surface area contributed by atoms with Crippen molar-refractivity contribution in [1.82, 2.24) is 15.1 Å².